The minimum atomic E-state index is -0.0523. The van der Waals surface area contributed by atoms with E-state index in [1.807, 2.05) is 12.5 Å². The summed E-state index contributed by atoms with van der Waals surface area (Å²) in [6, 6.07) is -0.0523. The second-order valence-corrected chi connectivity index (χ2v) is 14.6. The zero-order chi connectivity index (χ0) is 29.3. The zero-order valence-electron chi connectivity index (χ0n) is 27.6. The molecule has 0 radical (unpaired) electrons. The molecule has 4 rings (SSSR count). The average molecular weight is 583 g/mol. The number of carbonyl (C=O) groups excluding carboxylic acids is 1. The molecule has 2 aliphatic carbocycles. The normalized spacial score (nSPS) is 25.7. The summed E-state index contributed by atoms with van der Waals surface area (Å²) in [5.74, 6) is 1.09. The number of imidazole rings is 1. The first-order valence-electron chi connectivity index (χ1n) is 18.7. The molecule has 0 spiro atoms. The molecule has 1 aromatic heterocycles. The Morgan fingerprint density at radius 1 is 0.714 bits per heavy atom. The molecular formula is C37H66N4O. The summed E-state index contributed by atoms with van der Waals surface area (Å²) >= 11 is 0. The first-order valence-corrected chi connectivity index (χ1v) is 18.7. The number of hydrogen-bond acceptors (Lipinski definition) is 3. The van der Waals surface area contributed by atoms with Crippen molar-refractivity contribution in [1.29, 1.82) is 0 Å². The Morgan fingerprint density at radius 3 is 1.71 bits per heavy atom. The fourth-order valence-electron chi connectivity index (χ4n) is 8.18. The Hall–Kier alpha value is -1.36. The van der Waals surface area contributed by atoms with Crippen LogP contribution in [0.4, 0.5) is 0 Å². The molecule has 3 aliphatic rings. The number of nitrogens with one attached hydrogen (secondary N) is 1. The molecule has 2 saturated carbocycles. The maximum absolute atomic E-state index is 13.8. The van der Waals surface area contributed by atoms with Gasteiger partial charge in [0.1, 0.15) is 0 Å². The number of nitrogens with zero attached hydrogens (tertiary/aromatic N) is 3. The first-order chi connectivity index (χ1) is 20.7. The lowest BCUT2D eigenvalue weighted by molar-refractivity contribution is -0.135. The van der Waals surface area contributed by atoms with E-state index in [1.54, 1.807) is 0 Å². The van der Waals surface area contributed by atoms with E-state index in [0.717, 1.165) is 32.0 Å². The highest BCUT2D eigenvalue weighted by Crippen LogP contribution is 2.33. The van der Waals surface area contributed by atoms with Crippen molar-refractivity contribution in [3.63, 3.8) is 0 Å². The lowest BCUT2D eigenvalue weighted by atomic mass is 9.86. The van der Waals surface area contributed by atoms with Crippen molar-refractivity contribution in [3.05, 3.63) is 18.2 Å². The first kappa shape index (κ1) is 33.5. The molecule has 1 saturated heterocycles. The van der Waals surface area contributed by atoms with Crippen LogP contribution in [0.5, 0.6) is 0 Å². The summed E-state index contributed by atoms with van der Waals surface area (Å²) in [5.41, 5.74) is 1.26. The van der Waals surface area contributed by atoms with E-state index in [-0.39, 0.29) is 11.6 Å². The Morgan fingerprint density at radius 2 is 1.19 bits per heavy atom. The van der Waals surface area contributed by atoms with Crippen molar-refractivity contribution in [1.82, 2.24) is 19.8 Å². The van der Waals surface area contributed by atoms with Gasteiger partial charge in [0.05, 0.1) is 18.1 Å². The smallest absolute Gasteiger partial charge is 0.240 e. The number of hydrogen-bond donors (Lipinski definition) is 1. The van der Waals surface area contributed by atoms with E-state index in [4.69, 9.17) is 0 Å². The van der Waals surface area contributed by atoms with Gasteiger partial charge in [-0.1, -0.05) is 135 Å². The second-order valence-electron chi connectivity index (χ2n) is 14.6. The third-order valence-electron chi connectivity index (χ3n) is 11.0. The molecule has 240 valence electrons. The lowest BCUT2D eigenvalue weighted by Gasteiger charge is -2.40. The molecule has 3 fully saturated rings. The molecule has 1 N–H and O–H groups in total. The summed E-state index contributed by atoms with van der Waals surface area (Å²) in [6.45, 7) is 5.14. The molecule has 1 aliphatic heterocycles. The van der Waals surface area contributed by atoms with E-state index in [9.17, 15) is 4.79 Å². The van der Waals surface area contributed by atoms with Crippen LogP contribution in [0, 0.1) is 5.92 Å². The summed E-state index contributed by atoms with van der Waals surface area (Å²) < 4.78 is 2.39. The van der Waals surface area contributed by atoms with Gasteiger partial charge in [0.15, 0.2) is 0 Å². The predicted octanol–water partition coefficient (Wildman–Crippen LogP) is 9.73. The second kappa shape index (κ2) is 19.1. The van der Waals surface area contributed by atoms with Gasteiger partial charge >= 0.3 is 0 Å². The van der Waals surface area contributed by atoms with Crippen LogP contribution >= 0.6 is 0 Å². The summed E-state index contributed by atoms with van der Waals surface area (Å²) in [4.78, 5) is 20.6. The van der Waals surface area contributed by atoms with Gasteiger partial charge in [-0.3, -0.25) is 4.79 Å². The minimum absolute atomic E-state index is 0.0200. The molecule has 0 unspecified atom stereocenters. The van der Waals surface area contributed by atoms with E-state index < -0.39 is 0 Å². The third kappa shape index (κ3) is 11.3. The fourth-order valence-corrected chi connectivity index (χ4v) is 8.18. The van der Waals surface area contributed by atoms with Gasteiger partial charge in [0.25, 0.3) is 0 Å². The predicted molar refractivity (Wildman–Crippen MR) is 177 cm³/mol. The lowest BCUT2D eigenvalue weighted by Crippen LogP contribution is -2.50. The van der Waals surface area contributed by atoms with Gasteiger partial charge in [0.2, 0.25) is 5.91 Å². The Kier molecular flexibility index (Phi) is 15.3. The topological polar surface area (TPSA) is 50.2 Å². The summed E-state index contributed by atoms with van der Waals surface area (Å²) in [5, 5.41) is 3.69. The van der Waals surface area contributed by atoms with E-state index in [0.29, 0.717) is 5.91 Å². The molecular weight excluding hydrogens is 516 g/mol. The van der Waals surface area contributed by atoms with Gasteiger partial charge in [-0.15, -0.1) is 0 Å². The number of aromatic nitrogens is 2. The maximum Gasteiger partial charge on any atom is 0.240 e. The molecule has 1 aromatic rings. The van der Waals surface area contributed by atoms with Gasteiger partial charge in [-0.25, -0.2) is 4.98 Å². The third-order valence-corrected chi connectivity index (χ3v) is 11.0. The summed E-state index contributed by atoms with van der Waals surface area (Å²) in [6.07, 6.45) is 39.1. The van der Waals surface area contributed by atoms with Crippen molar-refractivity contribution in [3.8, 4) is 0 Å². The Labute approximate surface area is 259 Å². The number of carbonyl (C=O) groups is 1. The number of likely N-dealkylation sites (tertiary alicyclic amines) is 1. The van der Waals surface area contributed by atoms with Crippen molar-refractivity contribution in [2.45, 2.75) is 199 Å². The van der Waals surface area contributed by atoms with Crippen molar-refractivity contribution in [2.75, 3.05) is 6.54 Å². The molecule has 5 nitrogen and oxygen atoms in total. The Balaban J connectivity index is 1.28. The quantitative estimate of drug-likeness (QED) is 0.363. The van der Waals surface area contributed by atoms with Crippen LogP contribution in [0.25, 0.3) is 0 Å². The van der Waals surface area contributed by atoms with Gasteiger partial charge in [-0.2, -0.15) is 0 Å². The molecule has 1 amide bonds. The number of amides is 1. The van der Waals surface area contributed by atoms with Crippen LogP contribution < -0.4 is 5.32 Å². The highest BCUT2D eigenvalue weighted by molar-refractivity contribution is 5.84. The molecule has 0 bridgehead atoms. The minimum Gasteiger partial charge on any atom is -0.336 e. The SMILES string of the molecule is CC1(N2CC[C@H](NCc3cncn3CC3CCCCCCCCCCCC3)C2=O)CCCCCCCCCCCCC1. The van der Waals surface area contributed by atoms with E-state index in [1.165, 1.54) is 166 Å². The van der Waals surface area contributed by atoms with Gasteiger partial charge in [0, 0.05) is 31.4 Å². The largest absolute Gasteiger partial charge is 0.336 e. The van der Waals surface area contributed by atoms with Crippen molar-refractivity contribution >= 4 is 5.91 Å². The van der Waals surface area contributed by atoms with Crippen LogP contribution in [0.2, 0.25) is 0 Å². The van der Waals surface area contributed by atoms with Crippen LogP contribution in [-0.4, -0.2) is 38.5 Å². The van der Waals surface area contributed by atoms with Crippen molar-refractivity contribution in [2.24, 2.45) is 5.92 Å². The van der Waals surface area contributed by atoms with Gasteiger partial charge in [-0.05, 0) is 44.9 Å². The van der Waals surface area contributed by atoms with Crippen LogP contribution in [0.15, 0.2) is 12.5 Å². The number of rotatable bonds is 6. The van der Waals surface area contributed by atoms with E-state index in [2.05, 4.69) is 26.7 Å². The zero-order valence-corrected chi connectivity index (χ0v) is 27.6. The maximum atomic E-state index is 13.8. The highest BCUT2D eigenvalue weighted by Gasteiger charge is 2.41. The fraction of sp³-hybridized carbons (Fsp3) is 0.892. The molecule has 5 heteroatoms. The van der Waals surface area contributed by atoms with Crippen LogP contribution in [-0.2, 0) is 17.9 Å². The monoisotopic (exact) mass is 583 g/mol. The molecule has 2 heterocycles. The molecule has 1 atom stereocenters. The highest BCUT2D eigenvalue weighted by atomic mass is 16.2. The standard InChI is InChI=1S/C37H66N4O/c1-37(26-21-17-13-9-5-2-6-10-14-18-22-27-37)41-28-25-35(36(41)42)39-30-34-29-38-32-40(34)31-33-23-19-15-11-7-3-4-8-12-16-20-24-33/h29,32-33,35,39H,2-28,30-31H2,1H3/t35-/m0/s1. The van der Waals surface area contributed by atoms with Crippen LogP contribution in [0.1, 0.15) is 180 Å². The van der Waals surface area contributed by atoms with E-state index >= 15 is 0 Å². The molecule has 0 aromatic carbocycles. The van der Waals surface area contributed by atoms with Crippen LogP contribution in [0.3, 0.4) is 0 Å². The summed E-state index contributed by atoms with van der Waals surface area (Å²) in [7, 11) is 0. The van der Waals surface area contributed by atoms with Gasteiger partial charge < -0.3 is 14.8 Å². The molecule has 42 heavy (non-hydrogen) atoms. The average Bonchev–Trinajstić information content (AvgIpc) is 3.60. The Bertz CT molecular complexity index is 838. The van der Waals surface area contributed by atoms with Crippen molar-refractivity contribution < 1.29 is 4.79 Å².